The summed E-state index contributed by atoms with van der Waals surface area (Å²) in [6.07, 6.45) is 0. The molecule has 4 rings (SSSR count). The number of hydrogen-bond donors (Lipinski definition) is 0. The quantitative estimate of drug-likeness (QED) is 0.620. The number of para-hydroxylation sites is 2. The van der Waals surface area contributed by atoms with E-state index in [2.05, 4.69) is 20.0 Å². The Morgan fingerprint density at radius 2 is 1.90 bits per heavy atom. The van der Waals surface area contributed by atoms with Gasteiger partial charge in [-0.05, 0) is 36.4 Å². The van der Waals surface area contributed by atoms with Crippen molar-refractivity contribution in [2.24, 2.45) is 4.99 Å². The van der Waals surface area contributed by atoms with Crippen molar-refractivity contribution in [3.63, 3.8) is 0 Å². The second-order valence-electron chi connectivity index (χ2n) is 4.55. The van der Waals surface area contributed by atoms with E-state index in [0.717, 1.165) is 37.7 Å². The van der Waals surface area contributed by atoms with Gasteiger partial charge in [0.25, 0.3) is 0 Å². The molecular weight excluding hydrogens is 322 g/mol. The van der Waals surface area contributed by atoms with Gasteiger partial charge in [-0.25, -0.2) is 9.98 Å². The molecular formula is C15H10ClN3S2. The van der Waals surface area contributed by atoms with Gasteiger partial charge in [0.15, 0.2) is 4.38 Å². The van der Waals surface area contributed by atoms with Crippen molar-refractivity contribution in [3.05, 3.63) is 59.4 Å². The average Bonchev–Trinajstić information content (AvgIpc) is 2.88. The average molecular weight is 332 g/mol. The molecule has 0 saturated carbocycles. The van der Waals surface area contributed by atoms with Gasteiger partial charge in [-0.2, -0.15) is 0 Å². The van der Waals surface area contributed by atoms with Crippen molar-refractivity contribution < 1.29 is 0 Å². The molecule has 0 amide bonds. The largest absolute Gasteiger partial charge is 0.263 e. The second kappa shape index (κ2) is 5.40. The molecule has 0 fully saturated rings. The zero-order valence-corrected chi connectivity index (χ0v) is 13.3. The normalized spacial score (nSPS) is 16.3. The molecule has 2 aromatic carbocycles. The molecule has 0 spiro atoms. The predicted molar refractivity (Wildman–Crippen MR) is 92.6 cm³/mol. The first-order chi connectivity index (χ1) is 10.3. The first kappa shape index (κ1) is 13.2. The van der Waals surface area contributed by atoms with E-state index >= 15 is 0 Å². The monoisotopic (exact) mass is 331 g/mol. The third-order valence-electron chi connectivity index (χ3n) is 3.13. The fraction of sp³-hybridized carbons (Fsp3) is 0.0667. The number of nitrogens with zero attached hydrogens (tertiary/aromatic N) is 3. The minimum atomic E-state index is 0.728. The van der Waals surface area contributed by atoms with E-state index in [-0.39, 0.29) is 0 Å². The SMILES string of the molecule is Clc1ccc(N=C2SCc3nc4ccccc4n3S2)cc1. The molecule has 0 N–H and O–H groups in total. The molecule has 0 atom stereocenters. The zero-order valence-electron chi connectivity index (χ0n) is 10.9. The summed E-state index contributed by atoms with van der Waals surface area (Å²) in [6, 6.07) is 15.8. The fourth-order valence-corrected chi connectivity index (χ4v) is 4.35. The van der Waals surface area contributed by atoms with E-state index in [1.807, 2.05) is 42.5 Å². The van der Waals surface area contributed by atoms with Gasteiger partial charge in [0.1, 0.15) is 5.82 Å². The molecule has 0 bridgehead atoms. The topological polar surface area (TPSA) is 30.2 Å². The first-order valence-corrected chi connectivity index (χ1v) is 8.55. The summed E-state index contributed by atoms with van der Waals surface area (Å²) in [5.41, 5.74) is 3.09. The lowest BCUT2D eigenvalue weighted by Gasteiger charge is -2.14. The Bertz CT molecular complexity index is 840. The number of halogens is 1. The molecule has 1 aliphatic rings. The van der Waals surface area contributed by atoms with Crippen LogP contribution < -0.4 is 0 Å². The number of aliphatic imine (C=N–C) groups is 1. The number of aromatic nitrogens is 2. The second-order valence-corrected chi connectivity index (χ2v) is 7.14. The van der Waals surface area contributed by atoms with Crippen molar-refractivity contribution in [1.29, 1.82) is 0 Å². The van der Waals surface area contributed by atoms with Crippen molar-refractivity contribution in [2.75, 3.05) is 0 Å². The molecule has 2 heterocycles. The maximum atomic E-state index is 5.90. The number of rotatable bonds is 1. The third-order valence-corrected chi connectivity index (χ3v) is 5.53. The molecule has 0 aliphatic carbocycles. The molecule has 0 unspecified atom stereocenters. The van der Waals surface area contributed by atoms with Crippen LogP contribution in [0.3, 0.4) is 0 Å². The summed E-state index contributed by atoms with van der Waals surface area (Å²) in [4.78, 5) is 9.33. The Morgan fingerprint density at radius 3 is 2.76 bits per heavy atom. The number of benzene rings is 2. The minimum absolute atomic E-state index is 0.728. The Morgan fingerprint density at radius 1 is 1.10 bits per heavy atom. The lowest BCUT2D eigenvalue weighted by Crippen LogP contribution is -2.05. The van der Waals surface area contributed by atoms with E-state index < -0.39 is 0 Å². The number of fused-ring (bicyclic) bond motifs is 3. The maximum absolute atomic E-state index is 5.90. The summed E-state index contributed by atoms with van der Waals surface area (Å²) >= 11 is 9.24. The van der Waals surface area contributed by atoms with Crippen LogP contribution in [0, 0.1) is 0 Å². The Hall–Kier alpha value is -1.43. The molecule has 104 valence electrons. The van der Waals surface area contributed by atoms with Gasteiger partial charge in [-0.15, -0.1) is 0 Å². The molecule has 3 nitrogen and oxygen atoms in total. The number of hydrogen-bond acceptors (Lipinski definition) is 4. The van der Waals surface area contributed by atoms with Gasteiger partial charge in [0.2, 0.25) is 0 Å². The molecule has 6 heteroatoms. The number of imidazole rings is 1. The van der Waals surface area contributed by atoms with Gasteiger partial charge in [0, 0.05) is 17.0 Å². The van der Waals surface area contributed by atoms with Crippen molar-refractivity contribution in [2.45, 2.75) is 5.75 Å². The van der Waals surface area contributed by atoms with Gasteiger partial charge in [0.05, 0.1) is 22.5 Å². The molecule has 3 aromatic rings. The van der Waals surface area contributed by atoms with Gasteiger partial charge >= 0.3 is 0 Å². The standard InChI is InChI=1S/C15H10ClN3S2/c16-10-5-7-11(8-6-10)17-15-20-9-14-18-12-3-1-2-4-13(12)19(14)21-15/h1-8H,9H2. The van der Waals surface area contributed by atoms with Crippen molar-refractivity contribution in [1.82, 2.24) is 8.96 Å². The van der Waals surface area contributed by atoms with Gasteiger partial charge in [-0.3, -0.25) is 3.97 Å². The summed E-state index contributed by atoms with van der Waals surface area (Å²) < 4.78 is 3.19. The highest BCUT2D eigenvalue weighted by molar-refractivity contribution is 8.38. The Balaban J connectivity index is 1.71. The van der Waals surface area contributed by atoms with Crippen molar-refractivity contribution >= 4 is 56.4 Å². The van der Waals surface area contributed by atoms with Crippen LogP contribution in [0.2, 0.25) is 5.02 Å². The molecule has 1 aromatic heterocycles. The minimum Gasteiger partial charge on any atom is -0.263 e. The lowest BCUT2D eigenvalue weighted by molar-refractivity contribution is 1.10. The van der Waals surface area contributed by atoms with Crippen LogP contribution in [0.1, 0.15) is 5.82 Å². The van der Waals surface area contributed by atoms with Crippen LogP contribution in [0.15, 0.2) is 53.5 Å². The van der Waals surface area contributed by atoms with Gasteiger partial charge < -0.3 is 0 Å². The van der Waals surface area contributed by atoms with Crippen molar-refractivity contribution in [3.8, 4) is 0 Å². The third kappa shape index (κ3) is 2.57. The van der Waals surface area contributed by atoms with E-state index in [1.54, 1.807) is 23.7 Å². The lowest BCUT2D eigenvalue weighted by atomic mass is 10.3. The fourth-order valence-electron chi connectivity index (χ4n) is 2.15. The maximum Gasteiger partial charge on any atom is 0.151 e. The summed E-state index contributed by atoms with van der Waals surface area (Å²) in [7, 11) is 0. The molecule has 0 saturated heterocycles. The predicted octanol–water partition coefficient (Wildman–Crippen LogP) is 5.12. The Labute approximate surface area is 135 Å². The number of thioether (sulfide) groups is 1. The zero-order chi connectivity index (χ0) is 14.2. The van der Waals surface area contributed by atoms with Crippen LogP contribution >= 0.6 is 35.3 Å². The van der Waals surface area contributed by atoms with E-state index in [0.29, 0.717) is 0 Å². The highest BCUT2D eigenvalue weighted by atomic mass is 35.5. The van der Waals surface area contributed by atoms with Crippen LogP contribution in [0.25, 0.3) is 11.0 Å². The first-order valence-electron chi connectivity index (χ1n) is 6.41. The summed E-state index contributed by atoms with van der Waals surface area (Å²) in [6.45, 7) is 0. The van der Waals surface area contributed by atoms with Crippen LogP contribution in [-0.4, -0.2) is 13.3 Å². The molecule has 0 radical (unpaired) electrons. The smallest absolute Gasteiger partial charge is 0.151 e. The highest BCUT2D eigenvalue weighted by Gasteiger charge is 2.19. The summed E-state index contributed by atoms with van der Waals surface area (Å²) in [5, 5.41) is 0.728. The summed E-state index contributed by atoms with van der Waals surface area (Å²) in [5.74, 6) is 1.93. The van der Waals surface area contributed by atoms with Crippen LogP contribution in [0.4, 0.5) is 5.69 Å². The van der Waals surface area contributed by atoms with E-state index in [9.17, 15) is 0 Å². The van der Waals surface area contributed by atoms with Gasteiger partial charge in [-0.1, -0.05) is 35.5 Å². The van der Waals surface area contributed by atoms with E-state index in [1.165, 1.54) is 0 Å². The molecule has 1 aliphatic heterocycles. The van der Waals surface area contributed by atoms with Crippen LogP contribution in [0.5, 0.6) is 0 Å². The molecule has 21 heavy (non-hydrogen) atoms. The van der Waals surface area contributed by atoms with E-state index in [4.69, 9.17) is 11.6 Å². The highest BCUT2D eigenvalue weighted by Crippen LogP contribution is 2.35. The Kier molecular flexibility index (Phi) is 3.41. The van der Waals surface area contributed by atoms with Crippen LogP contribution in [-0.2, 0) is 5.75 Å².